The predicted octanol–water partition coefficient (Wildman–Crippen LogP) is 3.72. The van der Waals surface area contributed by atoms with Gasteiger partial charge in [0, 0.05) is 60.2 Å². The average molecular weight is 410 g/mol. The molecule has 2 aromatic heterocycles. The van der Waals surface area contributed by atoms with Gasteiger partial charge in [0.1, 0.15) is 5.82 Å². The van der Waals surface area contributed by atoms with Gasteiger partial charge >= 0.3 is 0 Å². The maximum absolute atomic E-state index is 4.86. The molecule has 0 amide bonds. The third-order valence-corrected chi connectivity index (χ3v) is 5.01. The Kier molecular flexibility index (Phi) is 4.95. The van der Waals surface area contributed by atoms with Gasteiger partial charge in [-0.2, -0.15) is 0 Å². The SMILES string of the molecule is CN1CCN(c2cc(-c3cncc(Br)c3)nc(-c3ccccc3)n2)CC1. The van der Waals surface area contributed by atoms with Crippen LogP contribution in [0, 0.1) is 0 Å². The molecule has 0 radical (unpaired) electrons. The lowest BCUT2D eigenvalue weighted by molar-refractivity contribution is 0.312. The molecule has 0 saturated carbocycles. The van der Waals surface area contributed by atoms with E-state index in [2.05, 4.69) is 43.8 Å². The molecule has 3 aromatic rings. The Morgan fingerprint density at radius 3 is 2.38 bits per heavy atom. The monoisotopic (exact) mass is 409 g/mol. The fourth-order valence-corrected chi connectivity index (χ4v) is 3.41. The molecule has 1 aliphatic rings. The summed E-state index contributed by atoms with van der Waals surface area (Å²) in [7, 11) is 2.16. The first-order chi connectivity index (χ1) is 12.7. The maximum atomic E-state index is 4.86. The van der Waals surface area contributed by atoms with Gasteiger partial charge in [-0.15, -0.1) is 0 Å². The average Bonchev–Trinajstić information content (AvgIpc) is 2.69. The predicted molar refractivity (Wildman–Crippen MR) is 108 cm³/mol. The molecule has 1 aliphatic heterocycles. The Balaban J connectivity index is 1.79. The number of rotatable bonds is 3. The number of aromatic nitrogens is 3. The van der Waals surface area contributed by atoms with Crippen molar-refractivity contribution in [2.45, 2.75) is 0 Å². The Hall–Kier alpha value is -2.31. The summed E-state index contributed by atoms with van der Waals surface area (Å²) in [5.41, 5.74) is 2.89. The number of hydrogen-bond acceptors (Lipinski definition) is 5. The molecule has 3 heterocycles. The van der Waals surface area contributed by atoms with Crippen molar-refractivity contribution in [2.24, 2.45) is 0 Å². The zero-order chi connectivity index (χ0) is 17.9. The van der Waals surface area contributed by atoms with E-state index in [0.29, 0.717) is 0 Å². The van der Waals surface area contributed by atoms with Crippen LogP contribution >= 0.6 is 15.9 Å². The number of pyridine rings is 1. The number of anilines is 1. The van der Waals surface area contributed by atoms with Crippen molar-refractivity contribution < 1.29 is 0 Å². The standard InChI is InChI=1S/C20H20BrN5/c1-25-7-9-26(10-8-25)19-12-18(16-11-17(21)14-22-13-16)23-20(24-19)15-5-3-2-4-6-15/h2-6,11-14H,7-10H2,1H3. The first kappa shape index (κ1) is 17.1. The van der Waals surface area contributed by atoms with Gasteiger partial charge in [0.15, 0.2) is 5.82 Å². The van der Waals surface area contributed by atoms with Gasteiger partial charge < -0.3 is 9.80 Å². The third kappa shape index (κ3) is 3.76. The molecule has 0 spiro atoms. The van der Waals surface area contributed by atoms with Crippen molar-refractivity contribution in [3.05, 3.63) is 59.3 Å². The second kappa shape index (κ2) is 7.51. The summed E-state index contributed by atoms with van der Waals surface area (Å²) in [6, 6.07) is 14.2. The van der Waals surface area contributed by atoms with Crippen molar-refractivity contribution in [3.63, 3.8) is 0 Å². The third-order valence-electron chi connectivity index (χ3n) is 4.57. The van der Waals surface area contributed by atoms with E-state index >= 15 is 0 Å². The highest BCUT2D eigenvalue weighted by atomic mass is 79.9. The maximum Gasteiger partial charge on any atom is 0.162 e. The largest absolute Gasteiger partial charge is 0.354 e. The summed E-state index contributed by atoms with van der Waals surface area (Å²) < 4.78 is 0.941. The van der Waals surface area contributed by atoms with Gasteiger partial charge in [0.2, 0.25) is 0 Å². The Morgan fingerprint density at radius 2 is 1.65 bits per heavy atom. The highest BCUT2D eigenvalue weighted by molar-refractivity contribution is 9.10. The smallest absolute Gasteiger partial charge is 0.162 e. The van der Waals surface area contributed by atoms with Crippen LogP contribution in [0.4, 0.5) is 5.82 Å². The summed E-state index contributed by atoms with van der Waals surface area (Å²) >= 11 is 3.50. The van der Waals surface area contributed by atoms with E-state index in [4.69, 9.17) is 9.97 Å². The Bertz CT molecular complexity index is 892. The van der Waals surface area contributed by atoms with E-state index in [1.165, 1.54) is 0 Å². The quantitative estimate of drug-likeness (QED) is 0.659. The van der Waals surface area contributed by atoms with Gasteiger partial charge in [-0.05, 0) is 29.0 Å². The van der Waals surface area contributed by atoms with E-state index in [1.807, 2.05) is 42.6 Å². The van der Waals surface area contributed by atoms with Gasteiger partial charge in [0.25, 0.3) is 0 Å². The Labute approximate surface area is 161 Å². The summed E-state index contributed by atoms with van der Waals surface area (Å²) in [5, 5.41) is 0. The lowest BCUT2D eigenvalue weighted by Gasteiger charge is -2.33. The lowest BCUT2D eigenvalue weighted by atomic mass is 10.1. The molecule has 0 unspecified atom stereocenters. The minimum atomic E-state index is 0.747. The van der Waals surface area contributed by atoms with Crippen molar-refractivity contribution >= 4 is 21.7 Å². The van der Waals surface area contributed by atoms with Crippen LogP contribution < -0.4 is 4.90 Å². The fourth-order valence-electron chi connectivity index (χ4n) is 3.05. The van der Waals surface area contributed by atoms with Crippen LogP contribution in [-0.2, 0) is 0 Å². The molecule has 6 heteroatoms. The van der Waals surface area contributed by atoms with Crippen LogP contribution in [0.5, 0.6) is 0 Å². The van der Waals surface area contributed by atoms with Crippen LogP contribution in [0.1, 0.15) is 0 Å². The zero-order valence-corrected chi connectivity index (χ0v) is 16.2. The number of hydrogen-bond donors (Lipinski definition) is 0. The molecule has 0 aliphatic carbocycles. The van der Waals surface area contributed by atoms with Crippen molar-refractivity contribution in [1.82, 2.24) is 19.9 Å². The topological polar surface area (TPSA) is 45.2 Å². The van der Waals surface area contributed by atoms with E-state index in [1.54, 1.807) is 6.20 Å². The molecule has 0 bridgehead atoms. The van der Waals surface area contributed by atoms with Crippen LogP contribution in [0.2, 0.25) is 0 Å². The fraction of sp³-hybridized carbons (Fsp3) is 0.250. The molecule has 1 aromatic carbocycles. The number of nitrogens with zero attached hydrogens (tertiary/aromatic N) is 5. The van der Waals surface area contributed by atoms with Crippen LogP contribution in [0.25, 0.3) is 22.6 Å². The lowest BCUT2D eigenvalue weighted by Crippen LogP contribution is -2.44. The van der Waals surface area contributed by atoms with Gasteiger partial charge in [-0.25, -0.2) is 9.97 Å². The summed E-state index contributed by atoms with van der Waals surface area (Å²) in [5.74, 6) is 1.72. The molecule has 0 N–H and O–H groups in total. The normalized spacial score (nSPS) is 15.2. The van der Waals surface area contributed by atoms with Gasteiger partial charge in [-0.3, -0.25) is 4.98 Å². The van der Waals surface area contributed by atoms with Crippen molar-refractivity contribution in [2.75, 3.05) is 38.1 Å². The molecule has 132 valence electrons. The van der Waals surface area contributed by atoms with Crippen molar-refractivity contribution in [1.29, 1.82) is 0 Å². The van der Waals surface area contributed by atoms with E-state index in [-0.39, 0.29) is 0 Å². The van der Waals surface area contributed by atoms with Crippen LogP contribution in [0.15, 0.2) is 59.3 Å². The van der Waals surface area contributed by atoms with Crippen molar-refractivity contribution in [3.8, 4) is 22.6 Å². The molecular formula is C20H20BrN5. The van der Waals surface area contributed by atoms with Crippen LogP contribution in [0.3, 0.4) is 0 Å². The minimum absolute atomic E-state index is 0.747. The van der Waals surface area contributed by atoms with Gasteiger partial charge in [0.05, 0.1) is 5.69 Å². The number of halogens is 1. The zero-order valence-electron chi connectivity index (χ0n) is 14.6. The summed E-state index contributed by atoms with van der Waals surface area (Å²) in [6.45, 7) is 4.02. The molecule has 1 saturated heterocycles. The molecule has 0 atom stereocenters. The Morgan fingerprint density at radius 1 is 0.885 bits per heavy atom. The van der Waals surface area contributed by atoms with Gasteiger partial charge in [-0.1, -0.05) is 30.3 Å². The molecule has 26 heavy (non-hydrogen) atoms. The molecular weight excluding hydrogens is 390 g/mol. The van der Waals surface area contributed by atoms with E-state index < -0.39 is 0 Å². The number of piperazine rings is 1. The number of likely N-dealkylation sites (N-methyl/N-ethyl adjacent to an activating group) is 1. The highest BCUT2D eigenvalue weighted by Crippen LogP contribution is 2.27. The van der Waals surface area contributed by atoms with E-state index in [0.717, 1.165) is 59.1 Å². The minimum Gasteiger partial charge on any atom is -0.354 e. The first-order valence-electron chi connectivity index (χ1n) is 8.68. The highest BCUT2D eigenvalue weighted by Gasteiger charge is 2.18. The molecule has 4 rings (SSSR count). The number of benzene rings is 1. The first-order valence-corrected chi connectivity index (χ1v) is 9.47. The van der Waals surface area contributed by atoms with E-state index in [9.17, 15) is 0 Å². The summed E-state index contributed by atoms with van der Waals surface area (Å²) in [6.07, 6.45) is 3.62. The van der Waals surface area contributed by atoms with Crippen LogP contribution in [-0.4, -0.2) is 53.1 Å². The second-order valence-corrected chi connectivity index (χ2v) is 7.40. The molecule has 5 nitrogen and oxygen atoms in total. The second-order valence-electron chi connectivity index (χ2n) is 6.48. The summed E-state index contributed by atoms with van der Waals surface area (Å²) in [4.78, 5) is 18.6. The molecule has 1 fully saturated rings.